The highest BCUT2D eigenvalue weighted by molar-refractivity contribution is 9.10. The fraction of sp³-hybridized carbons (Fsp3) is 0.417. The first-order valence-corrected chi connectivity index (χ1v) is 6.35. The van der Waals surface area contributed by atoms with Crippen molar-refractivity contribution in [3.63, 3.8) is 0 Å². The average molecular weight is 322 g/mol. The minimum Gasteiger partial charge on any atom is -0.325 e. The number of nitrogens with one attached hydrogen (secondary N) is 1. The number of alkyl halides is 3. The molecule has 1 aliphatic rings. The predicted octanol–water partition coefficient (Wildman–Crippen LogP) is 4.21. The Morgan fingerprint density at radius 1 is 1.33 bits per heavy atom. The van der Waals surface area contributed by atoms with Crippen molar-refractivity contribution >= 4 is 27.5 Å². The van der Waals surface area contributed by atoms with E-state index in [-0.39, 0.29) is 17.5 Å². The average Bonchev–Trinajstić information content (AvgIpc) is 2.16. The van der Waals surface area contributed by atoms with Crippen molar-refractivity contribution in [1.82, 2.24) is 0 Å². The van der Waals surface area contributed by atoms with Crippen LogP contribution in [0.4, 0.5) is 18.9 Å². The van der Waals surface area contributed by atoms with Gasteiger partial charge in [-0.1, -0.05) is 22.4 Å². The number of rotatable bonds is 2. The van der Waals surface area contributed by atoms with Crippen molar-refractivity contribution in [2.24, 2.45) is 5.92 Å². The standard InChI is InChI=1S/C12H11BrF3NO/c13-8-4-5-10(9(6-8)12(14,15)16)17-11(18)7-2-1-3-7/h4-7H,1-3H2,(H,17,18). The van der Waals surface area contributed by atoms with Crippen LogP contribution in [0.25, 0.3) is 0 Å². The summed E-state index contributed by atoms with van der Waals surface area (Å²) in [5, 5.41) is 2.37. The van der Waals surface area contributed by atoms with Crippen LogP contribution >= 0.6 is 15.9 Å². The van der Waals surface area contributed by atoms with Gasteiger partial charge in [0, 0.05) is 10.4 Å². The number of benzene rings is 1. The van der Waals surface area contributed by atoms with Crippen LogP contribution in [-0.4, -0.2) is 5.91 Å². The van der Waals surface area contributed by atoms with E-state index < -0.39 is 11.7 Å². The van der Waals surface area contributed by atoms with Gasteiger partial charge >= 0.3 is 6.18 Å². The lowest BCUT2D eigenvalue weighted by Crippen LogP contribution is -2.29. The smallest absolute Gasteiger partial charge is 0.325 e. The summed E-state index contributed by atoms with van der Waals surface area (Å²) in [5.74, 6) is -0.469. The summed E-state index contributed by atoms with van der Waals surface area (Å²) in [7, 11) is 0. The van der Waals surface area contributed by atoms with E-state index in [4.69, 9.17) is 0 Å². The minimum atomic E-state index is -4.48. The highest BCUT2D eigenvalue weighted by atomic mass is 79.9. The second-order valence-corrected chi connectivity index (χ2v) is 5.22. The van der Waals surface area contributed by atoms with Gasteiger partial charge in [0.1, 0.15) is 0 Å². The van der Waals surface area contributed by atoms with Crippen LogP contribution in [0.15, 0.2) is 22.7 Å². The molecule has 0 unspecified atom stereocenters. The molecule has 0 spiro atoms. The molecule has 0 atom stereocenters. The third kappa shape index (κ3) is 2.85. The lowest BCUT2D eigenvalue weighted by atomic mass is 9.85. The van der Waals surface area contributed by atoms with Crippen LogP contribution in [-0.2, 0) is 11.0 Å². The molecule has 1 aromatic rings. The van der Waals surface area contributed by atoms with E-state index in [1.54, 1.807) is 0 Å². The first-order chi connectivity index (χ1) is 8.38. The quantitative estimate of drug-likeness (QED) is 0.868. The van der Waals surface area contributed by atoms with Crippen LogP contribution < -0.4 is 5.32 Å². The van der Waals surface area contributed by atoms with Gasteiger partial charge in [-0.05, 0) is 31.0 Å². The second-order valence-electron chi connectivity index (χ2n) is 4.30. The van der Waals surface area contributed by atoms with E-state index in [0.717, 1.165) is 25.3 Å². The molecule has 1 fully saturated rings. The number of carbonyl (C=O) groups is 1. The second kappa shape index (κ2) is 4.91. The van der Waals surface area contributed by atoms with Crippen LogP contribution in [0, 0.1) is 5.92 Å². The van der Waals surface area contributed by atoms with Gasteiger partial charge in [-0.25, -0.2) is 0 Å². The van der Waals surface area contributed by atoms with Crippen LogP contribution in [0.3, 0.4) is 0 Å². The maximum Gasteiger partial charge on any atom is 0.418 e. The summed E-state index contributed by atoms with van der Waals surface area (Å²) in [6, 6.07) is 3.71. The predicted molar refractivity (Wildman–Crippen MR) is 65.1 cm³/mol. The van der Waals surface area contributed by atoms with Gasteiger partial charge < -0.3 is 5.32 Å². The zero-order chi connectivity index (χ0) is 13.3. The molecule has 98 valence electrons. The maximum absolute atomic E-state index is 12.8. The molecule has 0 aliphatic heterocycles. The van der Waals surface area contributed by atoms with E-state index in [0.29, 0.717) is 4.47 Å². The molecule has 6 heteroatoms. The van der Waals surface area contributed by atoms with Gasteiger partial charge in [0.05, 0.1) is 11.3 Å². The zero-order valence-electron chi connectivity index (χ0n) is 9.35. The number of hydrogen-bond acceptors (Lipinski definition) is 1. The summed E-state index contributed by atoms with van der Waals surface area (Å²) < 4.78 is 38.7. The SMILES string of the molecule is O=C(Nc1ccc(Br)cc1C(F)(F)F)C1CCC1. The summed E-state index contributed by atoms with van der Waals surface area (Å²) in [6.45, 7) is 0. The number of anilines is 1. The van der Waals surface area contributed by atoms with Gasteiger partial charge in [-0.2, -0.15) is 13.2 Å². The Kier molecular flexibility index (Phi) is 3.66. The molecule has 1 aromatic carbocycles. The molecule has 0 heterocycles. The molecule has 0 aromatic heterocycles. The summed E-state index contributed by atoms with van der Waals surface area (Å²) in [4.78, 5) is 11.7. The summed E-state index contributed by atoms with van der Waals surface area (Å²) in [5.41, 5.74) is -1.01. The minimum absolute atomic E-state index is 0.144. The largest absolute Gasteiger partial charge is 0.418 e. The van der Waals surface area contributed by atoms with Gasteiger partial charge in [-0.3, -0.25) is 4.79 Å². The molecule has 1 N–H and O–H groups in total. The van der Waals surface area contributed by atoms with Crippen molar-refractivity contribution < 1.29 is 18.0 Å². The van der Waals surface area contributed by atoms with Crippen LogP contribution in [0.2, 0.25) is 0 Å². The molecule has 0 saturated heterocycles. The molecule has 0 radical (unpaired) electrons. The molecular formula is C12H11BrF3NO. The Morgan fingerprint density at radius 2 is 2.00 bits per heavy atom. The fourth-order valence-electron chi connectivity index (χ4n) is 1.77. The lowest BCUT2D eigenvalue weighted by molar-refractivity contribution is -0.137. The van der Waals surface area contributed by atoms with Crippen molar-refractivity contribution in [2.75, 3.05) is 5.32 Å². The molecule has 0 bridgehead atoms. The molecule has 2 rings (SSSR count). The van der Waals surface area contributed by atoms with Gasteiger partial charge in [0.25, 0.3) is 0 Å². The Hall–Kier alpha value is -1.04. The van der Waals surface area contributed by atoms with Gasteiger partial charge in [-0.15, -0.1) is 0 Å². The third-order valence-electron chi connectivity index (χ3n) is 3.02. The van der Waals surface area contributed by atoms with E-state index in [2.05, 4.69) is 21.2 Å². The number of hydrogen-bond donors (Lipinski definition) is 1. The normalized spacial score (nSPS) is 16.2. The van der Waals surface area contributed by atoms with Crippen LogP contribution in [0.5, 0.6) is 0 Å². The van der Waals surface area contributed by atoms with Crippen molar-refractivity contribution in [1.29, 1.82) is 0 Å². The van der Waals surface area contributed by atoms with E-state index in [9.17, 15) is 18.0 Å². The Bertz CT molecular complexity index is 469. The van der Waals surface area contributed by atoms with Crippen molar-refractivity contribution in [2.45, 2.75) is 25.4 Å². The first kappa shape index (κ1) is 13.4. The monoisotopic (exact) mass is 321 g/mol. The molecule has 1 aliphatic carbocycles. The summed E-state index contributed by atoms with van der Waals surface area (Å²) >= 11 is 3.00. The Morgan fingerprint density at radius 3 is 2.50 bits per heavy atom. The maximum atomic E-state index is 12.8. The molecule has 1 saturated carbocycles. The topological polar surface area (TPSA) is 29.1 Å². The van der Waals surface area contributed by atoms with E-state index in [1.807, 2.05) is 0 Å². The van der Waals surface area contributed by atoms with Crippen molar-refractivity contribution in [3.8, 4) is 0 Å². The van der Waals surface area contributed by atoms with E-state index in [1.165, 1.54) is 12.1 Å². The number of carbonyl (C=O) groups excluding carboxylic acids is 1. The Labute approximate surface area is 111 Å². The first-order valence-electron chi connectivity index (χ1n) is 5.55. The molecule has 2 nitrogen and oxygen atoms in total. The molecular weight excluding hydrogens is 311 g/mol. The van der Waals surface area contributed by atoms with Crippen LogP contribution in [0.1, 0.15) is 24.8 Å². The summed E-state index contributed by atoms with van der Waals surface area (Å²) in [6.07, 6.45) is -2.01. The van der Waals surface area contributed by atoms with E-state index >= 15 is 0 Å². The van der Waals surface area contributed by atoms with Gasteiger partial charge in [0.15, 0.2) is 0 Å². The molecule has 1 amide bonds. The highest BCUT2D eigenvalue weighted by Crippen LogP contribution is 2.37. The fourth-order valence-corrected chi connectivity index (χ4v) is 2.13. The Balaban J connectivity index is 2.23. The lowest BCUT2D eigenvalue weighted by Gasteiger charge is -2.25. The van der Waals surface area contributed by atoms with Gasteiger partial charge in [0.2, 0.25) is 5.91 Å². The number of amides is 1. The highest BCUT2D eigenvalue weighted by Gasteiger charge is 2.35. The molecule has 18 heavy (non-hydrogen) atoms. The third-order valence-corrected chi connectivity index (χ3v) is 3.51. The number of halogens is 4. The zero-order valence-corrected chi connectivity index (χ0v) is 10.9. The van der Waals surface area contributed by atoms with Crippen molar-refractivity contribution in [3.05, 3.63) is 28.2 Å².